The van der Waals surface area contributed by atoms with Crippen LogP contribution in [0.2, 0.25) is 5.02 Å². The van der Waals surface area contributed by atoms with Crippen molar-refractivity contribution in [1.82, 2.24) is 0 Å². The minimum Gasteiger partial charge on any atom is -0.453 e. The molecular weight excluding hydrogens is 281 g/mol. The normalized spacial score (nSPS) is 10.4. The largest absolute Gasteiger partial charge is 0.453 e. The quantitative estimate of drug-likeness (QED) is 0.710. The number of halogens is 4. The van der Waals surface area contributed by atoms with Gasteiger partial charge in [0.15, 0.2) is 11.6 Å². The van der Waals surface area contributed by atoms with Gasteiger partial charge in [0.1, 0.15) is 11.6 Å². The zero-order valence-corrected chi connectivity index (χ0v) is 10.6. The molecule has 5 heteroatoms. The van der Waals surface area contributed by atoms with Crippen LogP contribution in [-0.2, 0) is 5.88 Å². The first kappa shape index (κ1) is 13.1. The first-order valence-corrected chi connectivity index (χ1v) is 5.98. The summed E-state index contributed by atoms with van der Waals surface area (Å²) in [6.45, 7) is 0. The summed E-state index contributed by atoms with van der Waals surface area (Å²) in [4.78, 5) is 0. The molecule has 0 fully saturated rings. The molecule has 0 amide bonds. The average molecular weight is 289 g/mol. The molecule has 2 aromatic rings. The summed E-state index contributed by atoms with van der Waals surface area (Å²) in [6, 6.07) is 8.00. The van der Waals surface area contributed by atoms with Crippen LogP contribution in [-0.4, -0.2) is 0 Å². The lowest BCUT2D eigenvalue weighted by molar-refractivity contribution is 0.441. The molecule has 0 saturated heterocycles. The lowest BCUT2D eigenvalue weighted by Crippen LogP contribution is -1.91. The fraction of sp³-hybridized carbons (Fsp3) is 0.0769. The first-order chi connectivity index (χ1) is 8.60. The second-order valence-corrected chi connectivity index (χ2v) is 4.25. The minimum atomic E-state index is -0.548. The molecule has 0 aliphatic rings. The molecule has 0 radical (unpaired) electrons. The highest BCUT2D eigenvalue weighted by atomic mass is 35.5. The highest BCUT2D eigenvalue weighted by molar-refractivity contribution is 6.32. The molecule has 0 bridgehead atoms. The summed E-state index contributed by atoms with van der Waals surface area (Å²) in [7, 11) is 0. The Bertz CT molecular complexity index is 573. The highest BCUT2D eigenvalue weighted by Crippen LogP contribution is 2.31. The van der Waals surface area contributed by atoms with Crippen LogP contribution in [0.1, 0.15) is 5.56 Å². The van der Waals surface area contributed by atoms with Crippen LogP contribution in [0.5, 0.6) is 11.5 Å². The molecule has 2 rings (SSSR count). The third kappa shape index (κ3) is 2.92. The summed E-state index contributed by atoms with van der Waals surface area (Å²) in [5.41, 5.74) is 0.645. The Hall–Kier alpha value is -1.32. The van der Waals surface area contributed by atoms with Crippen LogP contribution >= 0.6 is 23.2 Å². The third-order valence-electron chi connectivity index (χ3n) is 2.26. The van der Waals surface area contributed by atoms with Crippen LogP contribution < -0.4 is 4.74 Å². The zero-order valence-electron chi connectivity index (χ0n) is 9.09. The molecule has 2 aromatic carbocycles. The van der Waals surface area contributed by atoms with Crippen molar-refractivity contribution in [3.8, 4) is 11.5 Å². The lowest BCUT2D eigenvalue weighted by Gasteiger charge is -2.09. The predicted octanol–water partition coefficient (Wildman–Crippen LogP) is 5.15. The van der Waals surface area contributed by atoms with Gasteiger partial charge in [-0.15, -0.1) is 11.6 Å². The van der Waals surface area contributed by atoms with Crippen molar-refractivity contribution in [3.05, 3.63) is 58.6 Å². The van der Waals surface area contributed by atoms with Gasteiger partial charge in [-0.2, -0.15) is 0 Å². The molecule has 94 valence electrons. The van der Waals surface area contributed by atoms with E-state index in [1.165, 1.54) is 24.3 Å². The SMILES string of the molecule is Fc1ccc(Oc2ccc(CCl)cc2F)c(Cl)c1. The Morgan fingerprint density at radius 1 is 1.00 bits per heavy atom. The summed E-state index contributed by atoms with van der Waals surface area (Å²) in [6.07, 6.45) is 0. The van der Waals surface area contributed by atoms with Crippen molar-refractivity contribution in [2.24, 2.45) is 0 Å². The van der Waals surface area contributed by atoms with Crippen molar-refractivity contribution < 1.29 is 13.5 Å². The van der Waals surface area contributed by atoms with Gasteiger partial charge in [0, 0.05) is 5.88 Å². The van der Waals surface area contributed by atoms with Crippen LogP contribution in [0.15, 0.2) is 36.4 Å². The molecule has 0 heterocycles. The van der Waals surface area contributed by atoms with Gasteiger partial charge in [0.2, 0.25) is 0 Å². The van der Waals surface area contributed by atoms with E-state index in [4.69, 9.17) is 27.9 Å². The predicted molar refractivity (Wildman–Crippen MR) is 67.4 cm³/mol. The van der Waals surface area contributed by atoms with Crippen molar-refractivity contribution >= 4 is 23.2 Å². The number of rotatable bonds is 3. The monoisotopic (exact) mass is 288 g/mol. The molecule has 0 unspecified atom stereocenters. The van der Waals surface area contributed by atoms with E-state index < -0.39 is 11.6 Å². The van der Waals surface area contributed by atoms with Gasteiger partial charge in [-0.1, -0.05) is 17.7 Å². The van der Waals surface area contributed by atoms with E-state index in [-0.39, 0.29) is 22.4 Å². The van der Waals surface area contributed by atoms with Gasteiger partial charge < -0.3 is 4.74 Å². The maximum Gasteiger partial charge on any atom is 0.166 e. The van der Waals surface area contributed by atoms with E-state index in [0.717, 1.165) is 6.07 Å². The minimum absolute atomic E-state index is 0.0115. The molecular formula is C13H8Cl2F2O. The summed E-state index contributed by atoms with van der Waals surface area (Å²) in [5, 5.41) is 0.0795. The Labute approximate surface area is 113 Å². The van der Waals surface area contributed by atoms with Crippen LogP contribution in [0.25, 0.3) is 0 Å². The fourth-order valence-corrected chi connectivity index (χ4v) is 1.76. The molecule has 0 atom stereocenters. The molecule has 0 N–H and O–H groups in total. The van der Waals surface area contributed by atoms with Crippen LogP contribution in [0, 0.1) is 11.6 Å². The Kier molecular flexibility index (Phi) is 4.04. The molecule has 0 aliphatic heterocycles. The topological polar surface area (TPSA) is 9.23 Å². The van der Waals surface area contributed by atoms with E-state index in [1.54, 1.807) is 6.07 Å². The van der Waals surface area contributed by atoms with Gasteiger partial charge in [-0.3, -0.25) is 0 Å². The molecule has 0 spiro atoms. The molecule has 0 aromatic heterocycles. The van der Waals surface area contributed by atoms with E-state index in [2.05, 4.69) is 0 Å². The summed E-state index contributed by atoms with van der Waals surface area (Å²) >= 11 is 11.4. The average Bonchev–Trinajstić information content (AvgIpc) is 2.34. The molecule has 0 saturated carbocycles. The van der Waals surface area contributed by atoms with Crippen molar-refractivity contribution in [2.75, 3.05) is 0 Å². The third-order valence-corrected chi connectivity index (χ3v) is 2.87. The smallest absolute Gasteiger partial charge is 0.166 e. The number of hydrogen-bond donors (Lipinski definition) is 0. The number of alkyl halides is 1. The van der Waals surface area contributed by atoms with Crippen molar-refractivity contribution in [1.29, 1.82) is 0 Å². The number of benzene rings is 2. The summed E-state index contributed by atoms with van der Waals surface area (Å²) < 4.78 is 31.7. The van der Waals surface area contributed by atoms with E-state index in [9.17, 15) is 8.78 Å². The number of hydrogen-bond acceptors (Lipinski definition) is 1. The lowest BCUT2D eigenvalue weighted by atomic mass is 10.2. The van der Waals surface area contributed by atoms with Gasteiger partial charge in [-0.25, -0.2) is 8.78 Å². The van der Waals surface area contributed by atoms with Crippen LogP contribution in [0.3, 0.4) is 0 Å². The molecule has 18 heavy (non-hydrogen) atoms. The Morgan fingerprint density at radius 2 is 1.72 bits per heavy atom. The van der Waals surface area contributed by atoms with Gasteiger partial charge in [-0.05, 0) is 35.9 Å². The zero-order chi connectivity index (χ0) is 13.1. The summed E-state index contributed by atoms with van der Waals surface area (Å²) in [5.74, 6) is -0.610. The van der Waals surface area contributed by atoms with Gasteiger partial charge in [0.05, 0.1) is 5.02 Å². The van der Waals surface area contributed by atoms with Gasteiger partial charge in [0.25, 0.3) is 0 Å². The first-order valence-electron chi connectivity index (χ1n) is 5.07. The Balaban J connectivity index is 2.28. The van der Waals surface area contributed by atoms with E-state index >= 15 is 0 Å². The standard InChI is InChI=1S/C13H8Cl2F2O/c14-7-8-1-3-13(11(17)5-8)18-12-4-2-9(16)6-10(12)15/h1-6H,7H2. The molecule has 0 aliphatic carbocycles. The molecule has 1 nitrogen and oxygen atoms in total. The van der Waals surface area contributed by atoms with Crippen molar-refractivity contribution in [3.63, 3.8) is 0 Å². The number of ether oxygens (including phenoxy) is 1. The maximum atomic E-state index is 13.6. The van der Waals surface area contributed by atoms with E-state index in [1.807, 2.05) is 0 Å². The Morgan fingerprint density at radius 3 is 2.33 bits per heavy atom. The highest BCUT2D eigenvalue weighted by Gasteiger charge is 2.09. The maximum absolute atomic E-state index is 13.6. The van der Waals surface area contributed by atoms with E-state index in [0.29, 0.717) is 5.56 Å². The van der Waals surface area contributed by atoms with Crippen molar-refractivity contribution in [2.45, 2.75) is 5.88 Å². The van der Waals surface area contributed by atoms with Gasteiger partial charge >= 0.3 is 0 Å². The fourth-order valence-electron chi connectivity index (χ4n) is 1.39. The second-order valence-electron chi connectivity index (χ2n) is 3.58. The second kappa shape index (κ2) is 5.55. The van der Waals surface area contributed by atoms with Crippen LogP contribution in [0.4, 0.5) is 8.78 Å².